The summed E-state index contributed by atoms with van der Waals surface area (Å²) in [6, 6.07) is 9.60. The zero-order valence-corrected chi connectivity index (χ0v) is 19.6. The van der Waals surface area contributed by atoms with Gasteiger partial charge in [-0.25, -0.2) is 4.98 Å². The summed E-state index contributed by atoms with van der Waals surface area (Å²) in [6.07, 6.45) is 6.20. The number of halogens is 2. The number of rotatable bonds is 8. The fourth-order valence-corrected chi connectivity index (χ4v) is 3.90. The molecule has 0 fully saturated rings. The van der Waals surface area contributed by atoms with Crippen molar-refractivity contribution in [2.75, 3.05) is 31.5 Å². The summed E-state index contributed by atoms with van der Waals surface area (Å²) in [4.78, 5) is 11.5. The molecule has 0 unspecified atom stereocenters. The summed E-state index contributed by atoms with van der Waals surface area (Å²) in [6.45, 7) is 0.654. The van der Waals surface area contributed by atoms with E-state index in [-0.39, 0.29) is 0 Å². The lowest BCUT2D eigenvalue weighted by atomic mass is 10.1. The second-order valence-electron chi connectivity index (χ2n) is 7.19. The van der Waals surface area contributed by atoms with Crippen molar-refractivity contribution in [1.82, 2.24) is 19.7 Å². The maximum atomic E-state index is 6.69. The molecule has 0 saturated carbocycles. The first-order valence-corrected chi connectivity index (χ1v) is 11.0. The van der Waals surface area contributed by atoms with Crippen LogP contribution in [0.25, 0.3) is 22.3 Å². The molecule has 4 aromatic rings. The van der Waals surface area contributed by atoms with E-state index in [2.05, 4.69) is 15.0 Å². The van der Waals surface area contributed by atoms with Crippen LogP contribution in [0.4, 0.5) is 11.4 Å². The molecule has 0 aliphatic carbocycles. The molecule has 7 nitrogen and oxygen atoms in total. The Kier molecular flexibility index (Phi) is 6.67. The molecule has 0 spiro atoms. The number of hydrogen-bond donors (Lipinski definition) is 0. The van der Waals surface area contributed by atoms with Crippen LogP contribution in [0, 0.1) is 0 Å². The van der Waals surface area contributed by atoms with Crippen molar-refractivity contribution >= 4 is 45.6 Å². The number of benzene rings is 2. The zero-order chi connectivity index (χ0) is 22.7. The second-order valence-corrected chi connectivity index (χ2v) is 7.94. The van der Waals surface area contributed by atoms with Gasteiger partial charge in [-0.15, -0.1) is 11.6 Å². The van der Waals surface area contributed by atoms with Crippen molar-refractivity contribution in [2.45, 2.75) is 6.42 Å². The first-order valence-electron chi connectivity index (χ1n) is 10.0. The zero-order valence-electron chi connectivity index (χ0n) is 18.0. The fourth-order valence-electron chi connectivity index (χ4n) is 3.49. The minimum Gasteiger partial charge on any atom is -0.497 e. The SMILES string of the molecule is COc1cc(OC)c(Cl)c(N(CCCCl)c2ccc3ncc(-c4cnn(C)c4)nc3c2)c1. The highest BCUT2D eigenvalue weighted by molar-refractivity contribution is 6.35. The van der Waals surface area contributed by atoms with Gasteiger partial charge in [-0.2, -0.15) is 5.10 Å². The molecule has 166 valence electrons. The third kappa shape index (κ3) is 4.45. The van der Waals surface area contributed by atoms with Crippen molar-refractivity contribution in [2.24, 2.45) is 7.05 Å². The van der Waals surface area contributed by atoms with Gasteiger partial charge < -0.3 is 14.4 Å². The van der Waals surface area contributed by atoms with Crippen molar-refractivity contribution in [1.29, 1.82) is 0 Å². The van der Waals surface area contributed by atoms with Gasteiger partial charge in [0.2, 0.25) is 0 Å². The molecule has 9 heteroatoms. The molecule has 32 heavy (non-hydrogen) atoms. The summed E-state index contributed by atoms with van der Waals surface area (Å²) < 4.78 is 12.7. The smallest absolute Gasteiger partial charge is 0.143 e. The van der Waals surface area contributed by atoms with Gasteiger partial charge in [-0.1, -0.05) is 11.6 Å². The van der Waals surface area contributed by atoms with Crippen molar-refractivity contribution in [3.05, 3.63) is 53.9 Å². The molecule has 0 saturated heterocycles. The van der Waals surface area contributed by atoms with Crippen molar-refractivity contribution < 1.29 is 9.47 Å². The van der Waals surface area contributed by atoms with Crippen LogP contribution in [0.1, 0.15) is 6.42 Å². The van der Waals surface area contributed by atoms with Crippen LogP contribution in [0.5, 0.6) is 11.5 Å². The number of alkyl halides is 1. The van der Waals surface area contributed by atoms with Gasteiger partial charge in [0.1, 0.15) is 16.5 Å². The monoisotopic (exact) mass is 471 g/mol. The van der Waals surface area contributed by atoms with Crippen LogP contribution in [0.3, 0.4) is 0 Å². The molecule has 0 radical (unpaired) electrons. The van der Waals surface area contributed by atoms with E-state index in [4.69, 9.17) is 37.7 Å². The van der Waals surface area contributed by atoms with E-state index in [9.17, 15) is 0 Å². The average Bonchev–Trinajstić information content (AvgIpc) is 3.26. The minimum atomic E-state index is 0.498. The van der Waals surface area contributed by atoms with Gasteiger partial charge in [-0.05, 0) is 24.6 Å². The summed E-state index contributed by atoms with van der Waals surface area (Å²) >= 11 is 12.7. The predicted octanol–water partition coefficient (Wildman–Crippen LogP) is 5.47. The van der Waals surface area contributed by atoms with Gasteiger partial charge in [-0.3, -0.25) is 9.67 Å². The number of nitrogens with zero attached hydrogens (tertiary/aromatic N) is 5. The van der Waals surface area contributed by atoms with E-state index in [1.807, 2.05) is 37.5 Å². The third-order valence-corrected chi connectivity index (χ3v) is 5.74. The molecular weight excluding hydrogens is 449 g/mol. The molecule has 0 bridgehead atoms. The Balaban J connectivity index is 1.82. The summed E-state index contributed by atoms with van der Waals surface area (Å²) in [5, 5.41) is 4.72. The normalized spacial score (nSPS) is 11.0. The molecule has 0 atom stereocenters. The third-order valence-electron chi connectivity index (χ3n) is 5.09. The van der Waals surface area contributed by atoms with E-state index in [1.165, 1.54) is 0 Å². The van der Waals surface area contributed by atoms with Crippen molar-refractivity contribution in [3.63, 3.8) is 0 Å². The Morgan fingerprint density at radius 3 is 2.59 bits per heavy atom. The van der Waals surface area contributed by atoms with E-state index in [0.29, 0.717) is 28.9 Å². The van der Waals surface area contributed by atoms with Crippen molar-refractivity contribution in [3.8, 4) is 22.8 Å². The molecule has 2 aromatic heterocycles. The highest BCUT2D eigenvalue weighted by Crippen LogP contribution is 2.42. The average molecular weight is 472 g/mol. The molecule has 2 aromatic carbocycles. The largest absolute Gasteiger partial charge is 0.497 e. The summed E-state index contributed by atoms with van der Waals surface area (Å²) in [5.41, 5.74) is 4.92. The van der Waals surface area contributed by atoms with E-state index >= 15 is 0 Å². The highest BCUT2D eigenvalue weighted by Gasteiger charge is 2.19. The Labute approximate surface area is 196 Å². The number of ether oxygens (including phenoxy) is 2. The lowest BCUT2D eigenvalue weighted by Crippen LogP contribution is -2.19. The molecule has 2 heterocycles. The topological polar surface area (TPSA) is 65.3 Å². The van der Waals surface area contributed by atoms with E-state index < -0.39 is 0 Å². The quantitative estimate of drug-likeness (QED) is 0.317. The van der Waals surface area contributed by atoms with Gasteiger partial charge in [0.25, 0.3) is 0 Å². The highest BCUT2D eigenvalue weighted by atomic mass is 35.5. The first-order chi connectivity index (χ1) is 15.5. The van der Waals surface area contributed by atoms with Crippen LogP contribution in [-0.4, -0.2) is 46.4 Å². The fraction of sp³-hybridized carbons (Fsp3) is 0.261. The lowest BCUT2D eigenvalue weighted by Gasteiger charge is -2.27. The lowest BCUT2D eigenvalue weighted by molar-refractivity contribution is 0.394. The standard InChI is InChI=1S/C23H23Cl2N5O2/c1-29-14-15(12-27-29)20-13-26-18-6-5-16(9-19(18)28-20)30(8-4-7-24)21-10-17(31-2)11-22(32-3)23(21)25/h5-6,9-14H,4,7-8H2,1-3H3. The minimum absolute atomic E-state index is 0.498. The molecular formula is C23H23Cl2N5O2. The number of anilines is 2. The molecule has 0 amide bonds. The van der Waals surface area contributed by atoms with Gasteiger partial charge in [0.05, 0.1) is 49.0 Å². The molecule has 0 aliphatic rings. The van der Waals surface area contributed by atoms with Crippen LogP contribution in [0.15, 0.2) is 48.9 Å². The Morgan fingerprint density at radius 1 is 1.06 bits per heavy atom. The van der Waals surface area contributed by atoms with Crippen LogP contribution < -0.4 is 14.4 Å². The van der Waals surface area contributed by atoms with Gasteiger partial charge in [0, 0.05) is 49.1 Å². The number of aromatic nitrogens is 4. The molecule has 4 rings (SSSR count). The summed E-state index contributed by atoms with van der Waals surface area (Å²) in [5.74, 6) is 1.71. The first kappa shape index (κ1) is 22.2. The summed E-state index contributed by atoms with van der Waals surface area (Å²) in [7, 11) is 5.07. The van der Waals surface area contributed by atoms with E-state index in [1.54, 1.807) is 37.4 Å². The van der Waals surface area contributed by atoms with Gasteiger partial charge in [0.15, 0.2) is 0 Å². The predicted molar refractivity (Wildman–Crippen MR) is 129 cm³/mol. The Morgan fingerprint density at radius 2 is 1.91 bits per heavy atom. The maximum absolute atomic E-state index is 6.69. The number of aryl methyl sites for hydroxylation is 1. The second kappa shape index (κ2) is 9.63. The number of methoxy groups -OCH3 is 2. The molecule has 0 N–H and O–H groups in total. The van der Waals surface area contributed by atoms with Crippen LogP contribution >= 0.6 is 23.2 Å². The van der Waals surface area contributed by atoms with Crippen LogP contribution in [-0.2, 0) is 7.05 Å². The Bertz CT molecular complexity index is 1240. The molecule has 0 aliphatic heterocycles. The van der Waals surface area contributed by atoms with Gasteiger partial charge >= 0.3 is 0 Å². The number of hydrogen-bond acceptors (Lipinski definition) is 6. The van der Waals surface area contributed by atoms with Crippen LogP contribution in [0.2, 0.25) is 5.02 Å². The maximum Gasteiger partial charge on any atom is 0.143 e. The number of fused-ring (bicyclic) bond motifs is 1. The Hall–Kier alpha value is -3.03. The van der Waals surface area contributed by atoms with E-state index in [0.717, 1.165) is 40.1 Å².